The van der Waals surface area contributed by atoms with Crippen molar-refractivity contribution in [3.05, 3.63) is 126 Å². The predicted octanol–water partition coefficient (Wildman–Crippen LogP) is 5.62. The molecular formula is C31H24N2O6S2. The van der Waals surface area contributed by atoms with Gasteiger partial charge in [0.1, 0.15) is 17.1 Å². The van der Waals surface area contributed by atoms with E-state index in [2.05, 4.69) is 0 Å². The van der Waals surface area contributed by atoms with Gasteiger partial charge in [0.25, 0.3) is 20.0 Å². The zero-order valence-corrected chi connectivity index (χ0v) is 23.7. The number of rotatable bonds is 7. The molecule has 0 bridgehead atoms. The van der Waals surface area contributed by atoms with Crippen LogP contribution in [-0.4, -0.2) is 37.7 Å². The van der Waals surface area contributed by atoms with Gasteiger partial charge in [-0.05, 0) is 73.7 Å². The molecule has 0 radical (unpaired) electrons. The highest BCUT2D eigenvalue weighted by Crippen LogP contribution is 2.33. The maximum atomic E-state index is 14.4. The number of aromatic nitrogens is 2. The van der Waals surface area contributed by atoms with Crippen molar-refractivity contribution < 1.29 is 26.4 Å². The molecule has 2 heterocycles. The molecule has 10 heteroatoms. The fourth-order valence-corrected chi connectivity index (χ4v) is 8.03. The third-order valence-electron chi connectivity index (χ3n) is 6.91. The van der Waals surface area contributed by atoms with Crippen LogP contribution in [0.15, 0.2) is 119 Å². The van der Waals surface area contributed by atoms with Gasteiger partial charge in [-0.1, -0.05) is 48.0 Å². The lowest BCUT2D eigenvalue weighted by Gasteiger charge is -2.14. The fourth-order valence-electron chi connectivity index (χ4n) is 4.97. The molecule has 0 spiro atoms. The Labute approximate surface area is 237 Å². The molecule has 0 N–H and O–H groups in total. The molecule has 0 aliphatic carbocycles. The molecule has 6 aromatic rings. The molecule has 0 atom stereocenters. The van der Waals surface area contributed by atoms with Crippen LogP contribution in [0.25, 0.3) is 21.8 Å². The van der Waals surface area contributed by atoms with Gasteiger partial charge in [0.05, 0.1) is 27.9 Å². The van der Waals surface area contributed by atoms with Crippen molar-refractivity contribution in [2.45, 2.75) is 16.7 Å². The number of hydrogen-bond donors (Lipinski definition) is 0. The van der Waals surface area contributed by atoms with Crippen LogP contribution in [0, 0.1) is 6.92 Å². The third kappa shape index (κ3) is 4.32. The van der Waals surface area contributed by atoms with Crippen LogP contribution in [0.1, 0.15) is 21.7 Å². The Morgan fingerprint density at radius 1 is 0.610 bits per heavy atom. The molecular weight excluding hydrogens is 560 g/mol. The van der Waals surface area contributed by atoms with Gasteiger partial charge in [-0.15, -0.1) is 0 Å². The number of carbonyl (C=O) groups is 1. The molecule has 8 nitrogen and oxygen atoms in total. The van der Waals surface area contributed by atoms with Gasteiger partial charge in [-0.2, -0.15) is 0 Å². The lowest BCUT2D eigenvalue weighted by Crippen LogP contribution is -2.23. The molecule has 0 aliphatic heterocycles. The Bertz CT molecular complexity index is 2180. The number of nitrogens with zero attached hydrogens (tertiary/aromatic N) is 2. The van der Waals surface area contributed by atoms with E-state index in [-0.39, 0.29) is 26.7 Å². The van der Waals surface area contributed by atoms with Crippen LogP contribution in [0.5, 0.6) is 5.75 Å². The number of aryl methyl sites for hydroxylation is 1. The first kappa shape index (κ1) is 26.5. The highest BCUT2D eigenvalue weighted by Gasteiger charge is 2.32. The van der Waals surface area contributed by atoms with Crippen molar-refractivity contribution in [1.82, 2.24) is 7.94 Å². The quantitative estimate of drug-likeness (QED) is 0.226. The van der Waals surface area contributed by atoms with Crippen LogP contribution < -0.4 is 4.74 Å². The second-order valence-electron chi connectivity index (χ2n) is 9.54. The molecule has 6 rings (SSSR count). The number of ketones is 1. The molecule has 0 aliphatic rings. The van der Waals surface area contributed by atoms with Crippen LogP contribution in [0.3, 0.4) is 0 Å². The average Bonchev–Trinajstić information content (AvgIpc) is 3.56. The molecule has 206 valence electrons. The van der Waals surface area contributed by atoms with Gasteiger partial charge in [0.2, 0.25) is 5.78 Å². The Balaban J connectivity index is 1.67. The Morgan fingerprint density at radius 3 is 1.56 bits per heavy atom. The maximum Gasteiger partial charge on any atom is 0.268 e. The topological polar surface area (TPSA) is 104 Å². The van der Waals surface area contributed by atoms with Crippen LogP contribution in [-0.2, 0) is 20.0 Å². The largest absolute Gasteiger partial charge is 0.497 e. The smallest absolute Gasteiger partial charge is 0.268 e. The van der Waals surface area contributed by atoms with Gasteiger partial charge < -0.3 is 4.74 Å². The second kappa shape index (κ2) is 9.76. The van der Waals surface area contributed by atoms with Crippen molar-refractivity contribution >= 4 is 47.6 Å². The van der Waals surface area contributed by atoms with Crippen molar-refractivity contribution in [2.24, 2.45) is 0 Å². The predicted molar refractivity (Wildman–Crippen MR) is 157 cm³/mol. The number of benzene rings is 4. The van der Waals surface area contributed by atoms with Crippen LogP contribution >= 0.6 is 0 Å². The first-order valence-corrected chi connectivity index (χ1v) is 15.5. The highest BCUT2D eigenvalue weighted by atomic mass is 32.2. The van der Waals surface area contributed by atoms with Crippen molar-refractivity contribution in [3.63, 3.8) is 0 Å². The lowest BCUT2D eigenvalue weighted by atomic mass is 10.1. The molecule has 4 aromatic carbocycles. The van der Waals surface area contributed by atoms with E-state index in [0.717, 1.165) is 13.5 Å². The zero-order chi connectivity index (χ0) is 28.9. The summed E-state index contributed by atoms with van der Waals surface area (Å²) < 4.78 is 63.2. The monoisotopic (exact) mass is 584 g/mol. The normalized spacial score (nSPS) is 12.1. The lowest BCUT2D eigenvalue weighted by molar-refractivity contribution is 0.102. The summed E-state index contributed by atoms with van der Waals surface area (Å²) >= 11 is 0. The van der Waals surface area contributed by atoms with E-state index in [4.69, 9.17) is 4.74 Å². The van der Waals surface area contributed by atoms with Gasteiger partial charge in [0.15, 0.2) is 0 Å². The van der Waals surface area contributed by atoms with Crippen LogP contribution in [0.2, 0.25) is 0 Å². The number of methoxy groups -OCH3 is 1. The molecule has 0 saturated carbocycles. The zero-order valence-electron chi connectivity index (χ0n) is 22.1. The van der Waals surface area contributed by atoms with Gasteiger partial charge in [-0.3, -0.25) is 4.79 Å². The highest BCUT2D eigenvalue weighted by molar-refractivity contribution is 7.90. The van der Waals surface area contributed by atoms with Gasteiger partial charge in [0, 0.05) is 10.8 Å². The Hall–Kier alpha value is -4.67. The first-order chi connectivity index (χ1) is 19.6. The van der Waals surface area contributed by atoms with E-state index >= 15 is 0 Å². The van der Waals surface area contributed by atoms with Crippen LogP contribution in [0.4, 0.5) is 0 Å². The number of ether oxygens (including phenoxy) is 1. The van der Waals surface area contributed by atoms with Gasteiger partial charge in [-0.25, -0.2) is 24.8 Å². The fraction of sp³-hybridized carbons (Fsp3) is 0.0645. The average molecular weight is 585 g/mol. The van der Waals surface area contributed by atoms with E-state index in [1.54, 1.807) is 72.8 Å². The van der Waals surface area contributed by atoms with E-state index in [0.29, 0.717) is 22.0 Å². The first-order valence-electron chi connectivity index (χ1n) is 12.6. The molecule has 41 heavy (non-hydrogen) atoms. The molecule has 0 amide bonds. The summed E-state index contributed by atoms with van der Waals surface area (Å²) in [5.41, 5.74) is 1.04. The summed E-state index contributed by atoms with van der Waals surface area (Å²) in [5, 5.41) is 0.972. The van der Waals surface area contributed by atoms with E-state index in [9.17, 15) is 21.6 Å². The Morgan fingerprint density at radius 2 is 1.07 bits per heavy atom. The van der Waals surface area contributed by atoms with E-state index < -0.39 is 25.8 Å². The second-order valence-corrected chi connectivity index (χ2v) is 13.1. The molecule has 0 unspecified atom stereocenters. The number of carbonyl (C=O) groups excluding carboxylic acids is 1. The standard InChI is InChI=1S/C31H24N2O6S2/c1-21-13-15-27-22(17-21)19-29(32(27)40(35,36)25-9-5-3-6-10-25)31(34)30-20-23-18-24(39-2)14-16-28(23)33(30)41(37,38)26-11-7-4-8-12-26/h3-20H,1-2H3. The van der Waals surface area contributed by atoms with Gasteiger partial charge >= 0.3 is 0 Å². The number of fused-ring (bicyclic) bond motifs is 2. The molecule has 2 aromatic heterocycles. The SMILES string of the molecule is COc1ccc2c(c1)cc(C(=O)c1cc3cc(C)ccc3n1S(=O)(=O)c1ccccc1)n2S(=O)(=O)c1ccccc1. The Kier molecular flexibility index (Phi) is 6.32. The summed E-state index contributed by atoms with van der Waals surface area (Å²) in [6.07, 6.45) is 0. The minimum atomic E-state index is -4.27. The van der Waals surface area contributed by atoms with Crippen molar-refractivity contribution in [3.8, 4) is 5.75 Å². The summed E-state index contributed by atoms with van der Waals surface area (Å²) in [6, 6.07) is 28.5. The summed E-state index contributed by atoms with van der Waals surface area (Å²) in [5.74, 6) is -0.296. The summed E-state index contributed by atoms with van der Waals surface area (Å²) in [6.45, 7) is 1.86. The van der Waals surface area contributed by atoms with Crippen molar-refractivity contribution in [2.75, 3.05) is 7.11 Å². The van der Waals surface area contributed by atoms with E-state index in [1.807, 2.05) is 6.92 Å². The molecule has 0 fully saturated rings. The minimum absolute atomic E-state index is 0.00527. The minimum Gasteiger partial charge on any atom is -0.497 e. The summed E-state index contributed by atoms with van der Waals surface area (Å²) in [4.78, 5) is 14.4. The maximum absolute atomic E-state index is 14.4. The molecule has 0 saturated heterocycles. The van der Waals surface area contributed by atoms with E-state index in [1.165, 1.54) is 43.5 Å². The summed E-state index contributed by atoms with van der Waals surface area (Å²) in [7, 11) is -7.02. The van der Waals surface area contributed by atoms with Crippen molar-refractivity contribution in [1.29, 1.82) is 0 Å². The third-order valence-corrected chi connectivity index (χ3v) is 10.4. The number of hydrogen-bond acceptors (Lipinski definition) is 6.